The molecule has 1 aliphatic heterocycles. The molecule has 6 aromatic rings. The van der Waals surface area contributed by atoms with Gasteiger partial charge in [-0.05, 0) is 0 Å². The van der Waals surface area contributed by atoms with Crippen LogP contribution in [0.1, 0.15) is 61.2 Å². The number of rotatable bonds is 7. The Morgan fingerprint density at radius 1 is 0.655 bits per heavy atom. The average Bonchev–Trinajstić information content (AvgIpc) is 3.80. The van der Waals surface area contributed by atoms with Gasteiger partial charge in [0, 0.05) is 0 Å². The Kier molecular flexibility index (Phi) is 10.6. The van der Waals surface area contributed by atoms with Crippen molar-refractivity contribution >= 4 is 56.8 Å². The predicted octanol–water partition coefficient (Wildman–Crippen LogP) is 11.2. The van der Waals surface area contributed by atoms with Gasteiger partial charge in [0.1, 0.15) is 0 Å². The first-order valence-corrected chi connectivity index (χ1v) is 24.3. The molecule has 0 spiro atoms. The fraction of sp³-hybridized carbons (Fsp3) is 0.180. The molecular formula is C50H47ClN4O2Ru-4. The van der Waals surface area contributed by atoms with Crippen LogP contribution in [0.5, 0.6) is 0 Å². The monoisotopic (exact) mass is 872 g/mol. The van der Waals surface area contributed by atoms with Crippen LogP contribution in [0.25, 0.3) is 5.57 Å². The van der Waals surface area contributed by atoms with Crippen molar-refractivity contribution in [2.45, 2.75) is 48.5 Å². The third-order valence-corrected chi connectivity index (χ3v) is 19.4. The summed E-state index contributed by atoms with van der Waals surface area (Å²) >= 11 is -4.31. The topological polar surface area (TPSA) is 62.0 Å². The molecule has 0 N–H and O–H groups in total. The second kappa shape index (κ2) is 15.6. The van der Waals surface area contributed by atoms with Crippen molar-refractivity contribution in [3.8, 4) is 0 Å². The van der Waals surface area contributed by atoms with Gasteiger partial charge < -0.3 is 0 Å². The Morgan fingerprint density at radius 3 is 1.74 bits per heavy atom. The van der Waals surface area contributed by atoms with Crippen LogP contribution in [-0.2, 0) is 12.9 Å². The van der Waals surface area contributed by atoms with E-state index in [4.69, 9.17) is 14.7 Å². The molecule has 0 bridgehead atoms. The fourth-order valence-corrected chi connectivity index (χ4v) is 17.4. The number of allylic oxidation sites excluding steroid dienone is 1. The average molecular weight is 872 g/mol. The van der Waals surface area contributed by atoms with E-state index in [-0.39, 0.29) is 10.6 Å². The van der Waals surface area contributed by atoms with Crippen molar-refractivity contribution in [1.29, 1.82) is 0 Å². The van der Waals surface area contributed by atoms with Crippen molar-refractivity contribution in [3.05, 3.63) is 199 Å². The minimum atomic E-state index is -4.31. The molecule has 1 fully saturated rings. The summed E-state index contributed by atoms with van der Waals surface area (Å²) in [7, 11) is 9.00. The number of nitrogens with zero attached hydrogens (tertiary/aromatic N) is 4. The van der Waals surface area contributed by atoms with Gasteiger partial charge >= 0.3 is 350 Å². The van der Waals surface area contributed by atoms with Crippen LogP contribution in [-0.4, -0.2) is 32.7 Å². The molecule has 1 atom stereocenters. The summed E-state index contributed by atoms with van der Waals surface area (Å²) in [6, 6.07) is 41.2. The molecule has 2 aliphatic rings. The number of halogens is 1. The number of non-ortho nitro benzene ring substituents is 1. The molecule has 1 aliphatic carbocycles. The summed E-state index contributed by atoms with van der Waals surface area (Å²) in [6.07, 6.45) is 4.09. The van der Waals surface area contributed by atoms with Crippen LogP contribution < -0.4 is 14.0 Å². The number of aliphatic imine (C=N–C) groups is 1. The van der Waals surface area contributed by atoms with E-state index in [2.05, 4.69) is 130 Å². The standard InChI is InChI=1S/C21H26N2.C15H10.C14H11N2O2.ClH.Ru/c1-14-9-16(3)20(17(4)10-14)22-7-8-23(13-22)21-18(5)11-15(2)12-19(21)6;1-2-6-12(7-3-1)15-11-10-13-8-4-5-9-14(13)15;1-11-5-7-13(8-6-11)15-10-12-3-2-4-14(9-12)16(17)18;;/h9-12H,7-8H2,1-6H3;1-9,11H;2,4-10H,1H3;1H;/q;;;;-3/p-1. The van der Waals surface area contributed by atoms with Gasteiger partial charge in [-0.3, -0.25) is 0 Å². The van der Waals surface area contributed by atoms with Gasteiger partial charge in [-0.25, -0.2) is 0 Å². The number of hydrogen-bond donors (Lipinski definition) is 0. The molecule has 1 saturated heterocycles. The SMILES string of the molecule is Cc1ccc(N=Cc2cc([N+](=O)[O-])cc[c]2[Ru-4]([Cl])(=[C]2C=C(c3ccccc3)c3ccccc32)=[C]2N(c3c(C)cc(C)cc3C)CCN2c2c(C)cc(C)cc2C)cc1. The summed E-state index contributed by atoms with van der Waals surface area (Å²) in [5, 5.41) is 12.5. The van der Waals surface area contributed by atoms with Gasteiger partial charge in [-0.1, -0.05) is 0 Å². The zero-order valence-electron chi connectivity index (χ0n) is 34.0. The van der Waals surface area contributed by atoms with Gasteiger partial charge in [-0.2, -0.15) is 0 Å². The third-order valence-electron chi connectivity index (χ3n) is 10.9. The molecular weight excluding hydrogens is 825 g/mol. The molecule has 6 nitrogen and oxygen atoms in total. The van der Waals surface area contributed by atoms with Crippen molar-refractivity contribution in [2.24, 2.45) is 4.99 Å². The normalized spacial score (nSPS) is 15.5. The van der Waals surface area contributed by atoms with Crippen molar-refractivity contribution in [2.75, 3.05) is 22.9 Å². The van der Waals surface area contributed by atoms with Crippen LogP contribution >= 0.6 is 9.69 Å². The number of hydrogen-bond acceptors (Lipinski definition) is 5. The van der Waals surface area contributed by atoms with E-state index in [9.17, 15) is 10.1 Å². The van der Waals surface area contributed by atoms with E-state index in [0.717, 1.165) is 57.5 Å². The first-order valence-electron chi connectivity index (χ1n) is 19.5. The summed E-state index contributed by atoms with van der Waals surface area (Å²) in [5.74, 6) is 0. The van der Waals surface area contributed by atoms with Crippen molar-refractivity contribution in [1.82, 2.24) is 0 Å². The molecule has 298 valence electrons. The Bertz CT molecular complexity index is 2720. The zero-order valence-corrected chi connectivity index (χ0v) is 36.4. The molecule has 1 unspecified atom stereocenters. The number of nitro benzene ring substituents is 1. The van der Waals surface area contributed by atoms with E-state index in [0.29, 0.717) is 18.7 Å². The summed E-state index contributed by atoms with van der Waals surface area (Å²) < 4.78 is 2.96. The van der Waals surface area contributed by atoms with Crippen LogP contribution in [0.15, 0.2) is 132 Å². The number of nitro groups is 1. The fourth-order valence-electron chi connectivity index (χ4n) is 8.65. The number of fused-ring (bicyclic) bond motifs is 1. The molecule has 58 heavy (non-hydrogen) atoms. The molecule has 1 heterocycles. The second-order valence-corrected chi connectivity index (χ2v) is 22.7. The minimum absolute atomic E-state index is 0.00887. The molecule has 8 rings (SSSR count). The van der Waals surface area contributed by atoms with E-state index in [1.165, 1.54) is 33.4 Å². The van der Waals surface area contributed by atoms with Gasteiger partial charge in [-0.15, -0.1) is 0 Å². The number of aryl methyl sites for hydroxylation is 7. The van der Waals surface area contributed by atoms with Crippen molar-refractivity contribution < 1.29 is 17.8 Å². The van der Waals surface area contributed by atoms with E-state index < -0.39 is 12.9 Å². The Labute approximate surface area is 347 Å². The van der Waals surface area contributed by atoms with Gasteiger partial charge in [0.2, 0.25) is 0 Å². The molecule has 0 saturated carbocycles. The van der Waals surface area contributed by atoms with E-state index >= 15 is 0 Å². The number of benzene rings is 6. The van der Waals surface area contributed by atoms with Gasteiger partial charge in [0.05, 0.1) is 0 Å². The van der Waals surface area contributed by atoms with Crippen LogP contribution in [0.3, 0.4) is 0 Å². The maximum atomic E-state index is 12.5. The molecule has 0 aromatic heterocycles. The Balaban J connectivity index is 1.60. The molecule has 6 aromatic carbocycles. The van der Waals surface area contributed by atoms with Crippen molar-refractivity contribution in [3.63, 3.8) is 0 Å². The first-order chi connectivity index (χ1) is 27.8. The summed E-state index contributed by atoms with van der Waals surface area (Å²) in [5.41, 5.74) is 16.3. The molecule has 0 amide bonds. The quantitative estimate of drug-likeness (QED) is 0.0694. The zero-order chi connectivity index (χ0) is 40.9. The first kappa shape index (κ1) is 39.2. The van der Waals surface area contributed by atoms with E-state index in [1.54, 1.807) is 18.3 Å². The van der Waals surface area contributed by atoms with Gasteiger partial charge in [0.15, 0.2) is 0 Å². The maximum absolute atomic E-state index is 12.5. The van der Waals surface area contributed by atoms with Crippen LogP contribution in [0.4, 0.5) is 22.7 Å². The summed E-state index contributed by atoms with van der Waals surface area (Å²) in [6.45, 7) is 16.5. The molecule has 8 heteroatoms. The van der Waals surface area contributed by atoms with Gasteiger partial charge in [0.25, 0.3) is 0 Å². The van der Waals surface area contributed by atoms with Crippen LogP contribution in [0.2, 0.25) is 0 Å². The van der Waals surface area contributed by atoms with Crippen LogP contribution in [0, 0.1) is 58.6 Å². The Hall–Kier alpha value is -5.62. The predicted molar refractivity (Wildman–Crippen MR) is 242 cm³/mol. The third kappa shape index (κ3) is 7.01. The number of anilines is 2. The Morgan fingerprint density at radius 2 is 1.19 bits per heavy atom. The van der Waals surface area contributed by atoms with E-state index in [1.807, 2.05) is 43.3 Å². The summed E-state index contributed by atoms with van der Waals surface area (Å²) in [4.78, 5) is 22.1. The molecule has 0 radical (unpaired) electrons. The second-order valence-electron chi connectivity index (χ2n) is 15.4.